The number of aldehydes is 1. The monoisotopic (exact) mass is 139 g/mol. The van der Waals surface area contributed by atoms with Gasteiger partial charge in [0.1, 0.15) is 6.29 Å². The highest BCUT2D eigenvalue weighted by atomic mass is 16.1. The van der Waals surface area contributed by atoms with Crippen LogP contribution >= 0.6 is 0 Å². The van der Waals surface area contributed by atoms with Crippen molar-refractivity contribution in [3.63, 3.8) is 0 Å². The number of hydrogen-bond donors (Lipinski definition) is 0. The minimum atomic E-state index is 0.774. The lowest BCUT2D eigenvalue weighted by molar-refractivity contribution is -0.105. The quantitative estimate of drug-likeness (QED) is 0.332. The van der Waals surface area contributed by atoms with Crippen molar-refractivity contribution in [2.75, 3.05) is 7.05 Å². The minimum Gasteiger partial charge on any atom is -0.298 e. The highest BCUT2D eigenvalue weighted by Crippen LogP contribution is 1.95. The summed E-state index contributed by atoms with van der Waals surface area (Å²) >= 11 is 0. The number of allylic oxidation sites excluding steroid dienone is 2. The minimum absolute atomic E-state index is 0.774. The third kappa shape index (κ3) is 3.17. The molecule has 0 rings (SSSR count). The van der Waals surface area contributed by atoms with Crippen molar-refractivity contribution in [1.82, 2.24) is 0 Å². The van der Waals surface area contributed by atoms with E-state index >= 15 is 0 Å². The Kier molecular flexibility index (Phi) is 4.46. The van der Waals surface area contributed by atoms with Crippen LogP contribution in [-0.4, -0.2) is 19.0 Å². The van der Waals surface area contributed by atoms with Crippen molar-refractivity contribution in [2.45, 2.75) is 20.3 Å². The van der Waals surface area contributed by atoms with Crippen molar-refractivity contribution < 1.29 is 4.79 Å². The Morgan fingerprint density at radius 3 is 2.50 bits per heavy atom. The first kappa shape index (κ1) is 9.08. The van der Waals surface area contributed by atoms with Crippen LogP contribution in [0.4, 0.5) is 0 Å². The van der Waals surface area contributed by atoms with Gasteiger partial charge in [-0.1, -0.05) is 6.92 Å². The Labute approximate surface area is 61.7 Å². The van der Waals surface area contributed by atoms with Crippen molar-refractivity contribution in [2.24, 2.45) is 4.99 Å². The van der Waals surface area contributed by atoms with Gasteiger partial charge in [0, 0.05) is 12.8 Å². The summed E-state index contributed by atoms with van der Waals surface area (Å²) in [5.41, 5.74) is 1.69. The fourth-order valence-electron chi connectivity index (χ4n) is 0.552. The molecular weight excluding hydrogens is 126 g/mol. The smallest absolute Gasteiger partial charge is 0.146 e. The summed E-state index contributed by atoms with van der Waals surface area (Å²) in [5, 5.41) is 0. The van der Waals surface area contributed by atoms with Crippen LogP contribution in [0.15, 0.2) is 16.6 Å². The zero-order valence-electron chi connectivity index (χ0n) is 6.72. The van der Waals surface area contributed by atoms with E-state index in [1.54, 1.807) is 13.1 Å². The van der Waals surface area contributed by atoms with Gasteiger partial charge in [0.25, 0.3) is 0 Å². The van der Waals surface area contributed by atoms with E-state index in [2.05, 4.69) is 4.99 Å². The molecule has 0 amide bonds. The van der Waals surface area contributed by atoms with E-state index in [4.69, 9.17) is 0 Å². The van der Waals surface area contributed by atoms with Crippen molar-refractivity contribution in [1.29, 1.82) is 0 Å². The molecule has 0 N–H and O–H groups in total. The van der Waals surface area contributed by atoms with Crippen LogP contribution in [0.3, 0.4) is 0 Å². The molecule has 2 heteroatoms. The molecule has 0 aliphatic heterocycles. The number of rotatable bonds is 3. The fourth-order valence-corrected chi connectivity index (χ4v) is 0.552. The van der Waals surface area contributed by atoms with Crippen LogP contribution in [0.25, 0.3) is 0 Å². The summed E-state index contributed by atoms with van der Waals surface area (Å²) in [6, 6.07) is 0. The molecule has 0 saturated heterocycles. The predicted molar refractivity (Wildman–Crippen MR) is 43.5 cm³/mol. The van der Waals surface area contributed by atoms with Gasteiger partial charge in [-0.05, 0) is 25.0 Å². The SMILES string of the molecule is CC/C(C=O)=C\C(C)=NC. The lowest BCUT2D eigenvalue weighted by Gasteiger charge is -1.91. The van der Waals surface area contributed by atoms with Crippen LogP contribution in [0, 0.1) is 0 Å². The zero-order chi connectivity index (χ0) is 7.98. The molecule has 0 radical (unpaired) electrons. The summed E-state index contributed by atoms with van der Waals surface area (Å²) in [5.74, 6) is 0. The summed E-state index contributed by atoms with van der Waals surface area (Å²) in [4.78, 5) is 14.2. The second-order valence-corrected chi connectivity index (χ2v) is 2.06. The topological polar surface area (TPSA) is 29.4 Å². The van der Waals surface area contributed by atoms with Crippen LogP contribution in [0.1, 0.15) is 20.3 Å². The average Bonchev–Trinajstić information content (AvgIpc) is 1.99. The van der Waals surface area contributed by atoms with E-state index in [0.29, 0.717) is 0 Å². The first-order chi connectivity index (χ1) is 4.74. The molecule has 0 aliphatic carbocycles. The summed E-state index contributed by atoms with van der Waals surface area (Å²) in [7, 11) is 1.71. The molecule has 0 heterocycles. The molecule has 0 unspecified atom stereocenters. The molecule has 0 atom stereocenters. The van der Waals surface area contributed by atoms with Gasteiger partial charge in [-0.2, -0.15) is 0 Å². The molecule has 0 aliphatic rings. The third-order valence-electron chi connectivity index (χ3n) is 1.31. The first-order valence-electron chi connectivity index (χ1n) is 3.33. The fraction of sp³-hybridized carbons (Fsp3) is 0.500. The zero-order valence-corrected chi connectivity index (χ0v) is 6.72. The highest BCUT2D eigenvalue weighted by Gasteiger charge is 1.89. The maximum atomic E-state index is 10.3. The van der Waals surface area contributed by atoms with E-state index in [-0.39, 0.29) is 0 Å². The van der Waals surface area contributed by atoms with Crippen LogP contribution in [0.5, 0.6) is 0 Å². The second kappa shape index (κ2) is 4.91. The number of aliphatic imine (C=N–C) groups is 1. The molecule has 0 fully saturated rings. The van der Waals surface area contributed by atoms with Gasteiger partial charge >= 0.3 is 0 Å². The maximum absolute atomic E-state index is 10.3. The third-order valence-corrected chi connectivity index (χ3v) is 1.31. The second-order valence-electron chi connectivity index (χ2n) is 2.06. The summed E-state index contributed by atoms with van der Waals surface area (Å²) in [6.45, 7) is 3.82. The molecule has 0 saturated carbocycles. The van der Waals surface area contributed by atoms with Gasteiger partial charge in [-0.3, -0.25) is 9.79 Å². The van der Waals surface area contributed by atoms with E-state index in [9.17, 15) is 4.79 Å². The van der Waals surface area contributed by atoms with Gasteiger partial charge in [0.15, 0.2) is 0 Å². The Bertz CT molecular complexity index is 168. The number of hydrogen-bond acceptors (Lipinski definition) is 2. The lowest BCUT2D eigenvalue weighted by Crippen LogP contribution is -1.89. The van der Waals surface area contributed by atoms with E-state index in [1.165, 1.54) is 0 Å². The maximum Gasteiger partial charge on any atom is 0.146 e. The van der Waals surface area contributed by atoms with Crippen molar-refractivity contribution in [3.8, 4) is 0 Å². The van der Waals surface area contributed by atoms with Crippen molar-refractivity contribution in [3.05, 3.63) is 11.6 Å². The van der Waals surface area contributed by atoms with Gasteiger partial charge in [-0.25, -0.2) is 0 Å². The Morgan fingerprint density at radius 1 is 1.60 bits per heavy atom. The standard InChI is InChI=1S/C8H13NO/c1-4-8(6-10)5-7(2)9-3/h5-6H,4H2,1-3H3/b8-5+,9-7?. The van der Waals surface area contributed by atoms with Crippen LogP contribution in [-0.2, 0) is 4.79 Å². The Morgan fingerprint density at radius 2 is 2.20 bits per heavy atom. The molecular formula is C8H13NO. The molecule has 10 heavy (non-hydrogen) atoms. The van der Waals surface area contributed by atoms with Gasteiger partial charge in [-0.15, -0.1) is 0 Å². The van der Waals surface area contributed by atoms with Gasteiger partial charge < -0.3 is 0 Å². The first-order valence-corrected chi connectivity index (χ1v) is 3.33. The molecule has 2 nitrogen and oxygen atoms in total. The Balaban J connectivity index is 4.24. The lowest BCUT2D eigenvalue weighted by atomic mass is 10.2. The Hall–Kier alpha value is -0.920. The average molecular weight is 139 g/mol. The molecule has 0 aromatic rings. The largest absolute Gasteiger partial charge is 0.298 e. The van der Waals surface area contributed by atoms with E-state index in [1.807, 2.05) is 13.8 Å². The van der Waals surface area contributed by atoms with Gasteiger partial charge in [0.05, 0.1) is 0 Å². The summed E-state index contributed by atoms with van der Waals surface area (Å²) in [6.07, 6.45) is 3.44. The normalized spacial score (nSPS) is 13.5. The number of carbonyl (C=O) groups excluding carboxylic acids is 1. The highest BCUT2D eigenvalue weighted by molar-refractivity contribution is 5.97. The molecule has 56 valence electrons. The number of carbonyl (C=O) groups is 1. The van der Waals surface area contributed by atoms with E-state index < -0.39 is 0 Å². The van der Waals surface area contributed by atoms with Crippen LogP contribution < -0.4 is 0 Å². The molecule has 0 bridgehead atoms. The predicted octanol–water partition coefficient (Wildman–Crippen LogP) is 1.61. The van der Waals surface area contributed by atoms with E-state index in [0.717, 1.165) is 24.0 Å². The molecule has 0 aromatic heterocycles. The molecule has 0 aromatic carbocycles. The summed E-state index contributed by atoms with van der Waals surface area (Å²) < 4.78 is 0. The van der Waals surface area contributed by atoms with Crippen molar-refractivity contribution >= 4 is 12.0 Å². The van der Waals surface area contributed by atoms with Crippen LogP contribution in [0.2, 0.25) is 0 Å². The van der Waals surface area contributed by atoms with Gasteiger partial charge in [0.2, 0.25) is 0 Å². The molecule has 0 spiro atoms. The number of nitrogens with zero attached hydrogens (tertiary/aromatic N) is 1.